The van der Waals surface area contributed by atoms with Gasteiger partial charge in [0.2, 0.25) is 0 Å². The molecule has 1 N–H and O–H groups in total. The Morgan fingerprint density at radius 3 is 1.90 bits per heavy atom. The molecule has 1 saturated carbocycles. The maximum Gasteiger partial charge on any atom is 0.00953 e. The lowest BCUT2D eigenvalue weighted by atomic mass is 9.78. The van der Waals surface area contributed by atoms with Gasteiger partial charge in [0.25, 0.3) is 0 Å². The molecule has 0 aromatic heterocycles. The third-order valence-corrected chi connectivity index (χ3v) is 4.99. The molecule has 1 nitrogen and oxygen atoms in total. The summed E-state index contributed by atoms with van der Waals surface area (Å²) in [6.07, 6.45) is 20.2. The van der Waals surface area contributed by atoms with Crippen LogP contribution in [0.3, 0.4) is 0 Å². The van der Waals surface area contributed by atoms with Crippen LogP contribution in [0.5, 0.6) is 0 Å². The molecule has 0 amide bonds. The van der Waals surface area contributed by atoms with Crippen LogP contribution in [0.4, 0.5) is 0 Å². The highest BCUT2D eigenvalue weighted by atomic mass is 14.9. The maximum atomic E-state index is 3.80. The van der Waals surface area contributed by atoms with Crippen molar-refractivity contribution in [3.8, 4) is 0 Å². The van der Waals surface area contributed by atoms with Gasteiger partial charge < -0.3 is 5.32 Å². The first-order valence-corrected chi connectivity index (χ1v) is 9.61. The summed E-state index contributed by atoms with van der Waals surface area (Å²) in [6, 6.07) is 0.841. The van der Waals surface area contributed by atoms with E-state index >= 15 is 0 Å². The third-order valence-electron chi connectivity index (χ3n) is 4.99. The second-order valence-electron chi connectivity index (χ2n) is 6.87. The molecule has 1 atom stereocenters. The van der Waals surface area contributed by atoms with Crippen LogP contribution in [-0.4, -0.2) is 12.6 Å². The summed E-state index contributed by atoms with van der Waals surface area (Å²) in [7, 11) is 0. The predicted molar refractivity (Wildman–Crippen MR) is 91.3 cm³/mol. The van der Waals surface area contributed by atoms with Gasteiger partial charge >= 0.3 is 0 Å². The minimum Gasteiger partial charge on any atom is -0.314 e. The van der Waals surface area contributed by atoms with Crippen LogP contribution >= 0.6 is 0 Å². The van der Waals surface area contributed by atoms with Crippen molar-refractivity contribution in [3.05, 3.63) is 0 Å². The summed E-state index contributed by atoms with van der Waals surface area (Å²) >= 11 is 0. The number of nitrogens with one attached hydrogen (secondary N) is 1. The lowest BCUT2D eigenvalue weighted by Crippen LogP contribution is -2.39. The minimum atomic E-state index is 0.841. The van der Waals surface area contributed by atoms with Gasteiger partial charge in [-0.15, -0.1) is 0 Å². The van der Waals surface area contributed by atoms with E-state index in [-0.39, 0.29) is 0 Å². The Balaban J connectivity index is 1.92. The summed E-state index contributed by atoms with van der Waals surface area (Å²) < 4.78 is 0. The van der Waals surface area contributed by atoms with Crippen molar-refractivity contribution in [3.63, 3.8) is 0 Å². The van der Waals surface area contributed by atoms with Crippen molar-refractivity contribution in [2.75, 3.05) is 6.54 Å². The van der Waals surface area contributed by atoms with Crippen molar-refractivity contribution in [1.29, 1.82) is 0 Å². The fourth-order valence-corrected chi connectivity index (χ4v) is 3.35. The highest BCUT2D eigenvalue weighted by molar-refractivity contribution is 4.82. The Morgan fingerprint density at radius 1 is 0.800 bits per heavy atom. The van der Waals surface area contributed by atoms with Crippen LogP contribution in [0.1, 0.15) is 104 Å². The zero-order valence-electron chi connectivity index (χ0n) is 14.3. The molecule has 0 spiro atoms. The van der Waals surface area contributed by atoms with Gasteiger partial charge in [-0.1, -0.05) is 78.1 Å². The summed E-state index contributed by atoms with van der Waals surface area (Å²) in [4.78, 5) is 0. The van der Waals surface area contributed by atoms with Gasteiger partial charge in [-0.05, 0) is 38.1 Å². The van der Waals surface area contributed by atoms with Crippen molar-refractivity contribution < 1.29 is 0 Å². The van der Waals surface area contributed by atoms with E-state index in [0.29, 0.717) is 0 Å². The molecule has 1 aliphatic rings. The molecule has 0 aromatic rings. The van der Waals surface area contributed by atoms with E-state index in [4.69, 9.17) is 0 Å². The average molecular weight is 282 g/mol. The molecule has 0 heterocycles. The lowest BCUT2D eigenvalue weighted by Gasteiger charge is -2.34. The summed E-state index contributed by atoms with van der Waals surface area (Å²) in [5.41, 5.74) is 0. The first-order valence-electron chi connectivity index (χ1n) is 9.61. The molecule has 0 aromatic carbocycles. The summed E-state index contributed by atoms with van der Waals surface area (Å²) in [5, 5.41) is 3.80. The van der Waals surface area contributed by atoms with Crippen LogP contribution in [0, 0.1) is 5.92 Å². The molecule has 1 aliphatic carbocycles. The van der Waals surface area contributed by atoms with Crippen LogP contribution in [0.15, 0.2) is 0 Å². The molecule has 20 heavy (non-hydrogen) atoms. The highest BCUT2D eigenvalue weighted by Crippen LogP contribution is 2.31. The predicted octanol–water partition coefficient (Wildman–Crippen LogP) is 6.08. The van der Waals surface area contributed by atoms with Crippen molar-refractivity contribution in [2.45, 2.75) is 110 Å². The topological polar surface area (TPSA) is 12.0 Å². The van der Waals surface area contributed by atoms with E-state index in [0.717, 1.165) is 12.0 Å². The van der Waals surface area contributed by atoms with Crippen LogP contribution in [-0.2, 0) is 0 Å². The lowest BCUT2D eigenvalue weighted by molar-refractivity contribution is 0.216. The van der Waals surface area contributed by atoms with Crippen molar-refractivity contribution in [2.24, 2.45) is 5.92 Å². The summed E-state index contributed by atoms with van der Waals surface area (Å²) in [6.45, 7) is 5.80. The second kappa shape index (κ2) is 12.7. The number of hydrogen-bond donors (Lipinski definition) is 1. The normalized spacial score (nSPS) is 17.1. The fraction of sp³-hybridized carbons (Fsp3) is 1.00. The molecule has 0 aliphatic heterocycles. The Hall–Kier alpha value is -0.0400. The number of unbranched alkanes of at least 4 members (excludes halogenated alkanes) is 8. The zero-order valence-corrected chi connectivity index (χ0v) is 14.3. The van der Waals surface area contributed by atoms with E-state index in [9.17, 15) is 0 Å². The minimum absolute atomic E-state index is 0.841. The molecule has 0 saturated heterocycles. The van der Waals surface area contributed by atoms with E-state index < -0.39 is 0 Å². The van der Waals surface area contributed by atoms with Gasteiger partial charge in [0.05, 0.1) is 0 Å². The van der Waals surface area contributed by atoms with Crippen molar-refractivity contribution >= 4 is 0 Å². The van der Waals surface area contributed by atoms with E-state index in [2.05, 4.69) is 19.2 Å². The van der Waals surface area contributed by atoms with E-state index in [1.54, 1.807) is 0 Å². The van der Waals surface area contributed by atoms with Crippen LogP contribution in [0.25, 0.3) is 0 Å². The smallest absolute Gasteiger partial charge is 0.00953 e. The number of rotatable bonds is 14. The molecular weight excluding hydrogens is 242 g/mol. The first-order chi connectivity index (χ1) is 9.88. The molecule has 0 bridgehead atoms. The molecule has 1 unspecified atom stereocenters. The molecule has 120 valence electrons. The third kappa shape index (κ3) is 8.29. The fourth-order valence-electron chi connectivity index (χ4n) is 3.35. The molecule has 1 rings (SSSR count). The molecular formula is C19H39N. The number of hydrogen-bond acceptors (Lipinski definition) is 1. The Bertz CT molecular complexity index is 198. The van der Waals surface area contributed by atoms with Gasteiger partial charge in [0.15, 0.2) is 0 Å². The van der Waals surface area contributed by atoms with Gasteiger partial charge in [-0.2, -0.15) is 0 Å². The van der Waals surface area contributed by atoms with Gasteiger partial charge in [0, 0.05) is 6.04 Å². The van der Waals surface area contributed by atoms with Gasteiger partial charge in [-0.25, -0.2) is 0 Å². The maximum absolute atomic E-state index is 3.80. The zero-order chi connectivity index (χ0) is 14.5. The van der Waals surface area contributed by atoms with Crippen LogP contribution in [0.2, 0.25) is 0 Å². The SMILES string of the molecule is CCCCCCCCCCCC(NCCC)C1CCC1. The quantitative estimate of drug-likeness (QED) is 0.381. The van der Waals surface area contributed by atoms with Gasteiger partial charge in [-0.3, -0.25) is 0 Å². The highest BCUT2D eigenvalue weighted by Gasteiger charge is 2.25. The average Bonchev–Trinajstić information content (AvgIpc) is 2.40. The Morgan fingerprint density at radius 2 is 1.40 bits per heavy atom. The first kappa shape index (κ1) is 18.0. The Kier molecular flexibility index (Phi) is 11.4. The Labute approximate surface area is 128 Å². The molecule has 1 heteroatoms. The monoisotopic (exact) mass is 281 g/mol. The van der Waals surface area contributed by atoms with Gasteiger partial charge in [0.1, 0.15) is 0 Å². The largest absolute Gasteiger partial charge is 0.314 e. The summed E-state index contributed by atoms with van der Waals surface area (Å²) in [5.74, 6) is 1.01. The molecule has 1 fully saturated rings. The standard InChI is InChI=1S/C19H39N/c1-3-5-6-7-8-9-10-11-12-16-19(20-17-4-2)18-14-13-15-18/h18-20H,3-17H2,1-2H3. The van der Waals surface area contributed by atoms with Crippen molar-refractivity contribution in [1.82, 2.24) is 5.32 Å². The van der Waals surface area contributed by atoms with E-state index in [1.807, 2.05) is 0 Å². The van der Waals surface area contributed by atoms with E-state index in [1.165, 1.54) is 96.4 Å². The second-order valence-corrected chi connectivity index (χ2v) is 6.87. The molecule has 0 radical (unpaired) electrons. The van der Waals surface area contributed by atoms with Crippen LogP contribution < -0.4 is 5.32 Å².